The van der Waals surface area contributed by atoms with Crippen LogP contribution in [-0.4, -0.2) is 15.6 Å². The number of halogens is 1. The molecule has 28 heavy (non-hydrogen) atoms. The molecule has 1 aromatic carbocycles. The second kappa shape index (κ2) is 8.82. The monoisotopic (exact) mass is 411 g/mol. The first kappa shape index (κ1) is 19.1. The van der Waals surface area contributed by atoms with E-state index in [-0.39, 0.29) is 0 Å². The summed E-state index contributed by atoms with van der Waals surface area (Å²) < 4.78 is 5.38. The lowest BCUT2D eigenvalue weighted by Crippen LogP contribution is -2.04. The van der Waals surface area contributed by atoms with Gasteiger partial charge in [0.05, 0.1) is 17.1 Å². The molecule has 4 rings (SSSR count). The summed E-state index contributed by atoms with van der Waals surface area (Å²) in [5, 5.41) is 0.738. The summed E-state index contributed by atoms with van der Waals surface area (Å²) in [5.41, 5.74) is 10.2. The molecule has 3 N–H and O–H groups in total. The summed E-state index contributed by atoms with van der Waals surface area (Å²) in [6.07, 6.45) is 10.2. The molecule has 1 saturated carbocycles. The van der Waals surface area contributed by atoms with Gasteiger partial charge in [-0.15, -0.1) is 0 Å². The van der Waals surface area contributed by atoms with E-state index in [2.05, 4.69) is 43.6 Å². The minimum absolute atomic E-state index is 0.523. The van der Waals surface area contributed by atoms with E-state index in [0.29, 0.717) is 13.1 Å². The number of hydrogen-bond acceptors (Lipinski definition) is 5. The molecule has 2 heterocycles. The summed E-state index contributed by atoms with van der Waals surface area (Å²) in [7, 11) is 0. The molecule has 0 saturated heterocycles. The molecule has 0 unspecified atom stereocenters. The maximum Gasteiger partial charge on any atom is 0.137 e. The Labute approximate surface area is 173 Å². The van der Waals surface area contributed by atoms with Crippen molar-refractivity contribution in [2.24, 2.45) is 10.7 Å². The third kappa shape index (κ3) is 4.95. The topological polar surface area (TPSA) is 67.7 Å². The van der Waals surface area contributed by atoms with Crippen LogP contribution in [0, 0.1) is 0 Å². The molecule has 0 aliphatic heterocycles. The lowest BCUT2D eigenvalue weighted by molar-refractivity contribution is 0.980. The van der Waals surface area contributed by atoms with E-state index in [0.717, 1.165) is 32.8 Å². The van der Waals surface area contributed by atoms with Crippen molar-refractivity contribution in [1.82, 2.24) is 14.1 Å². The van der Waals surface area contributed by atoms with E-state index in [9.17, 15) is 0 Å². The predicted molar refractivity (Wildman–Crippen MR) is 118 cm³/mol. The lowest BCUT2D eigenvalue weighted by atomic mass is 10.2. The summed E-state index contributed by atoms with van der Waals surface area (Å²) in [6, 6.07) is 12.0. The standard InChI is InChI=1S/C21H22ClN5S/c22-18-6-1-15(2-7-18)10-25-28-20(9-23)12-24-11-19-14-27-13-17(16-3-4-16)5-8-21(27)26-19/h1-2,5-9,12-14,16,25H,3-4,10-11,23H2/b20-9+,24-12?. The lowest BCUT2D eigenvalue weighted by Gasteiger charge is -2.04. The van der Waals surface area contributed by atoms with Gasteiger partial charge in [0, 0.05) is 36.4 Å². The Hall–Kier alpha value is -2.28. The number of imidazole rings is 1. The number of rotatable bonds is 8. The van der Waals surface area contributed by atoms with Crippen LogP contribution in [0.4, 0.5) is 0 Å². The second-order valence-electron chi connectivity index (χ2n) is 6.82. The molecule has 5 nitrogen and oxygen atoms in total. The smallest absolute Gasteiger partial charge is 0.137 e. The van der Waals surface area contributed by atoms with Crippen LogP contribution >= 0.6 is 23.5 Å². The van der Waals surface area contributed by atoms with Crippen molar-refractivity contribution in [3.63, 3.8) is 0 Å². The van der Waals surface area contributed by atoms with Crippen LogP contribution in [-0.2, 0) is 13.1 Å². The maximum absolute atomic E-state index is 5.90. The van der Waals surface area contributed by atoms with Crippen molar-refractivity contribution in [2.75, 3.05) is 0 Å². The molecule has 7 heteroatoms. The van der Waals surface area contributed by atoms with E-state index in [4.69, 9.17) is 17.3 Å². The van der Waals surface area contributed by atoms with Gasteiger partial charge < -0.3 is 10.1 Å². The fourth-order valence-corrected chi connectivity index (χ4v) is 3.66. The van der Waals surface area contributed by atoms with Gasteiger partial charge in [0.2, 0.25) is 0 Å². The zero-order chi connectivity index (χ0) is 19.3. The van der Waals surface area contributed by atoms with E-state index in [1.54, 1.807) is 12.4 Å². The number of hydrogen-bond donors (Lipinski definition) is 2. The van der Waals surface area contributed by atoms with Crippen LogP contribution in [0.1, 0.15) is 35.6 Å². The van der Waals surface area contributed by atoms with Crippen LogP contribution in [0.25, 0.3) is 5.65 Å². The quantitative estimate of drug-likeness (QED) is 0.417. The van der Waals surface area contributed by atoms with Gasteiger partial charge in [0.25, 0.3) is 0 Å². The van der Waals surface area contributed by atoms with Crippen molar-refractivity contribution >= 4 is 35.4 Å². The van der Waals surface area contributed by atoms with Gasteiger partial charge in [-0.25, -0.2) is 4.98 Å². The molecule has 2 aromatic heterocycles. The SMILES string of the molecule is N/C=C(\C=NCc1cn2cc(C3CC3)ccc2n1)SNCc1ccc(Cl)cc1. The van der Waals surface area contributed by atoms with Gasteiger partial charge in [-0.1, -0.05) is 29.8 Å². The number of fused-ring (bicyclic) bond motifs is 1. The number of allylic oxidation sites excluding steroid dienone is 1. The molecule has 0 spiro atoms. The first-order valence-electron chi connectivity index (χ1n) is 9.24. The second-order valence-corrected chi connectivity index (χ2v) is 8.22. The summed E-state index contributed by atoms with van der Waals surface area (Å²) in [4.78, 5) is 9.97. The fourth-order valence-electron chi connectivity index (χ4n) is 2.93. The highest BCUT2D eigenvalue weighted by Gasteiger charge is 2.23. The number of nitrogens with zero attached hydrogens (tertiary/aromatic N) is 3. The van der Waals surface area contributed by atoms with Crippen molar-refractivity contribution in [1.29, 1.82) is 0 Å². The van der Waals surface area contributed by atoms with Crippen LogP contribution < -0.4 is 10.5 Å². The Kier molecular flexibility index (Phi) is 6.00. The third-order valence-electron chi connectivity index (χ3n) is 4.59. The van der Waals surface area contributed by atoms with Gasteiger partial charge in [0.15, 0.2) is 0 Å². The number of nitrogens with one attached hydrogen (secondary N) is 1. The Morgan fingerprint density at radius 2 is 2.07 bits per heavy atom. The highest BCUT2D eigenvalue weighted by molar-refractivity contribution is 8.02. The first-order valence-corrected chi connectivity index (χ1v) is 10.4. The summed E-state index contributed by atoms with van der Waals surface area (Å²) in [6.45, 7) is 1.23. The average Bonchev–Trinajstić information content (AvgIpc) is 3.48. The molecule has 0 bridgehead atoms. The van der Waals surface area contributed by atoms with Gasteiger partial charge in [-0.2, -0.15) is 0 Å². The molecule has 0 atom stereocenters. The van der Waals surface area contributed by atoms with E-state index >= 15 is 0 Å². The minimum Gasteiger partial charge on any atom is -0.404 e. The molecule has 0 amide bonds. The van der Waals surface area contributed by atoms with Gasteiger partial charge >= 0.3 is 0 Å². The van der Waals surface area contributed by atoms with Crippen LogP contribution in [0.3, 0.4) is 0 Å². The molecule has 144 valence electrons. The van der Waals surface area contributed by atoms with Crippen molar-refractivity contribution in [3.8, 4) is 0 Å². The van der Waals surface area contributed by atoms with Gasteiger partial charge in [-0.3, -0.25) is 9.71 Å². The number of pyridine rings is 1. The Balaban J connectivity index is 1.30. The van der Waals surface area contributed by atoms with Crippen molar-refractivity contribution in [3.05, 3.63) is 81.7 Å². The molecule has 1 aliphatic rings. The fraction of sp³-hybridized carbons (Fsp3) is 0.238. The van der Waals surface area contributed by atoms with Gasteiger partial charge in [-0.05, 0) is 60.0 Å². The van der Waals surface area contributed by atoms with E-state index < -0.39 is 0 Å². The molecular weight excluding hydrogens is 390 g/mol. The molecule has 1 aliphatic carbocycles. The van der Waals surface area contributed by atoms with Gasteiger partial charge in [0.1, 0.15) is 5.65 Å². The van der Waals surface area contributed by atoms with Crippen molar-refractivity contribution in [2.45, 2.75) is 31.8 Å². The zero-order valence-corrected chi connectivity index (χ0v) is 17.0. The van der Waals surface area contributed by atoms with E-state index in [1.807, 2.05) is 24.3 Å². The van der Waals surface area contributed by atoms with Crippen LogP contribution in [0.5, 0.6) is 0 Å². The maximum atomic E-state index is 5.90. The molecular formula is C21H22ClN5S. The summed E-state index contributed by atoms with van der Waals surface area (Å²) in [5.74, 6) is 0.739. The van der Waals surface area contributed by atoms with Crippen molar-refractivity contribution < 1.29 is 0 Å². The number of benzene rings is 1. The highest BCUT2D eigenvalue weighted by atomic mass is 35.5. The zero-order valence-electron chi connectivity index (χ0n) is 15.4. The molecule has 1 fully saturated rings. The normalized spacial score (nSPS) is 15.0. The number of nitrogens with two attached hydrogens (primary N) is 1. The first-order chi connectivity index (χ1) is 13.7. The molecule has 0 radical (unpaired) electrons. The van der Waals surface area contributed by atoms with Crippen LogP contribution in [0.15, 0.2) is 64.9 Å². The largest absolute Gasteiger partial charge is 0.404 e. The Bertz CT molecular complexity index is 1010. The van der Waals surface area contributed by atoms with E-state index in [1.165, 1.54) is 30.4 Å². The number of aromatic nitrogens is 2. The molecule has 3 aromatic rings. The Morgan fingerprint density at radius 3 is 2.82 bits per heavy atom. The highest BCUT2D eigenvalue weighted by Crippen LogP contribution is 2.39. The third-order valence-corrected chi connectivity index (χ3v) is 5.61. The summed E-state index contributed by atoms with van der Waals surface area (Å²) >= 11 is 7.35. The minimum atomic E-state index is 0.523. The number of aliphatic imine (C=N–C) groups is 1. The Morgan fingerprint density at radius 1 is 1.25 bits per heavy atom. The van der Waals surface area contributed by atoms with Crippen LogP contribution in [0.2, 0.25) is 5.02 Å². The average molecular weight is 412 g/mol. The predicted octanol–water partition coefficient (Wildman–Crippen LogP) is 4.67.